The molecule has 3 nitrogen and oxygen atoms in total. The van der Waals surface area contributed by atoms with Crippen LogP contribution in [0.1, 0.15) is 32.3 Å². The van der Waals surface area contributed by atoms with Crippen LogP contribution in [-0.4, -0.2) is 25.0 Å². The molecule has 1 N–H and O–H groups in total. The van der Waals surface area contributed by atoms with Crippen molar-refractivity contribution < 1.29 is 4.79 Å². The number of carbonyl (C=O) groups is 1. The fourth-order valence-electron chi connectivity index (χ4n) is 2.34. The Balaban J connectivity index is 2.14. The highest BCUT2D eigenvalue weighted by molar-refractivity contribution is 5.95. The number of hydrogen-bond acceptors (Lipinski definition) is 2. The zero-order valence-electron chi connectivity index (χ0n) is 11.3. The lowest BCUT2D eigenvalue weighted by Crippen LogP contribution is -2.40. The Kier molecular flexibility index (Phi) is 4.37. The standard InChI is InChI=1S/C15H22N2O/c1-12(2)16-11-15(18)17-10-6-5-8-13-7-3-4-9-14(13)17/h3-4,7,9,12,16H,5-6,8,10-11H2,1-2H3. The number of benzene rings is 1. The van der Waals surface area contributed by atoms with Gasteiger partial charge in [-0.1, -0.05) is 32.0 Å². The summed E-state index contributed by atoms with van der Waals surface area (Å²) in [6.07, 6.45) is 3.33. The maximum absolute atomic E-state index is 12.3. The van der Waals surface area contributed by atoms with Gasteiger partial charge in [-0.15, -0.1) is 0 Å². The van der Waals surface area contributed by atoms with Gasteiger partial charge in [0.15, 0.2) is 0 Å². The average molecular weight is 246 g/mol. The Morgan fingerprint density at radius 3 is 2.89 bits per heavy atom. The summed E-state index contributed by atoms with van der Waals surface area (Å²) in [4.78, 5) is 14.2. The van der Waals surface area contributed by atoms with E-state index in [1.54, 1.807) is 0 Å². The summed E-state index contributed by atoms with van der Waals surface area (Å²) >= 11 is 0. The number of hydrogen-bond donors (Lipinski definition) is 1. The number of anilines is 1. The molecule has 3 heteroatoms. The Morgan fingerprint density at radius 2 is 2.11 bits per heavy atom. The van der Waals surface area contributed by atoms with Crippen molar-refractivity contribution in [3.05, 3.63) is 29.8 Å². The first kappa shape index (κ1) is 13.1. The van der Waals surface area contributed by atoms with Gasteiger partial charge < -0.3 is 10.2 Å². The zero-order valence-corrected chi connectivity index (χ0v) is 11.3. The van der Waals surface area contributed by atoms with Crippen LogP contribution in [0.5, 0.6) is 0 Å². The van der Waals surface area contributed by atoms with Gasteiger partial charge in [0, 0.05) is 18.3 Å². The fourth-order valence-corrected chi connectivity index (χ4v) is 2.34. The molecule has 1 aliphatic rings. The Bertz CT molecular complexity index is 415. The van der Waals surface area contributed by atoms with Crippen molar-refractivity contribution in [1.29, 1.82) is 0 Å². The minimum Gasteiger partial charge on any atom is -0.311 e. The summed E-state index contributed by atoms with van der Waals surface area (Å²) in [6, 6.07) is 8.61. The van der Waals surface area contributed by atoms with Gasteiger partial charge in [-0.2, -0.15) is 0 Å². The summed E-state index contributed by atoms with van der Waals surface area (Å²) in [5, 5.41) is 3.20. The quantitative estimate of drug-likeness (QED) is 0.888. The molecule has 0 saturated carbocycles. The van der Waals surface area contributed by atoms with Crippen LogP contribution in [0.25, 0.3) is 0 Å². The second-order valence-corrected chi connectivity index (χ2v) is 5.17. The predicted octanol–water partition coefficient (Wildman–Crippen LogP) is 2.35. The smallest absolute Gasteiger partial charge is 0.240 e. The minimum atomic E-state index is 0.179. The van der Waals surface area contributed by atoms with E-state index in [4.69, 9.17) is 0 Å². The SMILES string of the molecule is CC(C)NCC(=O)N1CCCCc2ccccc21. The first-order chi connectivity index (χ1) is 8.68. The number of nitrogens with zero attached hydrogens (tertiary/aromatic N) is 1. The van der Waals surface area contributed by atoms with Crippen LogP contribution in [0.15, 0.2) is 24.3 Å². The van der Waals surface area contributed by atoms with Crippen LogP contribution in [0.4, 0.5) is 5.69 Å². The van der Waals surface area contributed by atoms with E-state index in [9.17, 15) is 4.79 Å². The van der Waals surface area contributed by atoms with E-state index < -0.39 is 0 Å². The molecule has 2 rings (SSSR count). The molecular weight excluding hydrogens is 224 g/mol. The Labute approximate surface area is 109 Å². The third-order valence-corrected chi connectivity index (χ3v) is 3.32. The van der Waals surface area contributed by atoms with Crippen LogP contribution in [-0.2, 0) is 11.2 Å². The molecule has 0 aromatic heterocycles. The van der Waals surface area contributed by atoms with E-state index in [0.717, 1.165) is 25.1 Å². The molecule has 0 unspecified atom stereocenters. The summed E-state index contributed by atoms with van der Waals surface area (Å²) < 4.78 is 0. The second-order valence-electron chi connectivity index (χ2n) is 5.17. The van der Waals surface area contributed by atoms with Crippen LogP contribution in [0, 0.1) is 0 Å². The molecule has 98 valence electrons. The number of amides is 1. The van der Waals surface area contributed by atoms with Crippen LogP contribution in [0.2, 0.25) is 0 Å². The van der Waals surface area contributed by atoms with E-state index in [-0.39, 0.29) is 5.91 Å². The van der Waals surface area contributed by atoms with Gasteiger partial charge >= 0.3 is 0 Å². The van der Waals surface area contributed by atoms with Crippen LogP contribution in [0.3, 0.4) is 0 Å². The Hall–Kier alpha value is -1.35. The summed E-state index contributed by atoms with van der Waals surface area (Å²) in [6.45, 7) is 5.38. The topological polar surface area (TPSA) is 32.3 Å². The highest BCUT2D eigenvalue weighted by Crippen LogP contribution is 2.25. The molecule has 18 heavy (non-hydrogen) atoms. The lowest BCUT2D eigenvalue weighted by molar-refractivity contribution is -0.117. The lowest BCUT2D eigenvalue weighted by atomic mass is 10.1. The molecule has 0 aliphatic carbocycles. The molecule has 0 bridgehead atoms. The normalized spacial score (nSPS) is 15.4. The molecule has 0 saturated heterocycles. The highest BCUT2D eigenvalue weighted by Gasteiger charge is 2.20. The minimum absolute atomic E-state index is 0.179. The summed E-state index contributed by atoms with van der Waals surface area (Å²) in [7, 11) is 0. The van der Waals surface area contributed by atoms with Gasteiger partial charge in [0.25, 0.3) is 0 Å². The van der Waals surface area contributed by atoms with Crippen LogP contribution < -0.4 is 10.2 Å². The first-order valence-corrected chi connectivity index (χ1v) is 6.80. The van der Waals surface area contributed by atoms with E-state index in [1.165, 1.54) is 12.0 Å². The van der Waals surface area contributed by atoms with Gasteiger partial charge in [0.2, 0.25) is 5.91 Å². The number of nitrogens with one attached hydrogen (secondary N) is 1. The molecule has 1 aliphatic heterocycles. The van der Waals surface area contributed by atoms with Crippen molar-refractivity contribution in [1.82, 2.24) is 5.32 Å². The predicted molar refractivity (Wildman–Crippen MR) is 74.9 cm³/mol. The zero-order chi connectivity index (χ0) is 13.0. The third kappa shape index (κ3) is 3.10. The molecule has 0 radical (unpaired) electrons. The molecule has 0 atom stereocenters. The van der Waals surface area contributed by atoms with Crippen molar-refractivity contribution in [2.75, 3.05) is 18.0 Å². The monoisotopic (exact) mass is 246 g/mol. The average Bonchev–Trinajstić information content (AvgIpc) is 2.58. The molecule has 0 spiro atoms. The van der Waals surface area contributed by atoms with Crippen molar-refractivity contribution in [3.8, 4) is 0 Å². The van der Waals surface area contributed by atoms with Gasteiger partial charge in [-0.25, -0.2) is 0 Å². The summed E-state index contributed by atoms with van der Waals surface area (Å²) in [5.74, 6) is 0.179. The number of rotatable bonds is 3. The lowest BCUT2D eigenvalue weighted by Gasteiger charge is -2.23. The summed E-state index contributed by atoms with van der Waals surface area (Å²) in [5.41, 5.74) is 2.40. The van der Waals surface area contributed by atoms with E-state index in [2.05, 4.69) is 37.4 Å². The molecular formula is C15H22N2O. The van der Waals surface area contributed by atoms with Gasteiger partial charge in [0.1, 0.15) is 0 Å². The number of fused-ring (bicyclic) bond motifs is 1. The van der Waals surface area contributed by atoms with E-state index in [1.807, 2.05) is 11.0 Å². The number of para-hydroxylation sites is 1. The molecule has 0 fully saturated rings. The Morgan fingerprint density at radius 1 is 1.33 bits per heavy atom. The van der Waals surface area contributed by atoms with Crippen molar-refractivity contribution in [2.24, 2.45) is 0 Å². The molecule has 1 aromatic carbocycles. The van der Waals surface area contributed by atoms with Crippen molar-refractivity contribution >= 4 is 11.6 Å². The van der Waals surface area contributed by atoms with Gasteiger partial charge in [0.05, 0.1) is 6.54 Å². The number of carbonyl (C=O) groups excluding carboxylic acids is 1. The maximum atomic E-state index is 12.3. The molecule has 1 amide bonds. The molecule has 1 heterocycles. The van der Waals surface area contributed by atoms with Crippen molar-refractivity contribution in [3.63, 3.8) is 0 Å². The largest absolute Gasteiger partial charge is 0.311 e. The third-order valence-electron chi connectivity index (χ3n) is 3.32. The van der Waals surface area contributed by atoms with E-state index >= 15 is 0 Å². The highest BCUT2D eigenvalue weighted by atomic mass is 16.2. The maximum Gasteiger partial charge on any atom is 0.240 e. The number of aryl methyl sites for hydroxylation is 1. The van der Waals surface area contributed by atoms with Gasteiger partial charge in [-0.3, -0.25) is 4.79 Å². The van der Waals surface area contributed by atoms with Crippen molar-refractivity contribution in [2.45, 2.75) is 39.2 Å². The second kappa shape index (κ2) is 6.01. The van der Waals surface area contributed by atoms with E-state index in [0.29, 0.717) is 12.6 Å². The van der Waals surface area contributed by atoms with Gasteiger partial charge in [-0.05, 0) is 30.9 Å². The van der Waals surface area contributed by atoms with Crippen LogP contribution >= 0.6 is 0 Å². The first-order valence-electron chi connectivity index (χ1n) is 6.80. The fraction of sp³-hybridized carbons (Fsp3) is 0.533. The molecule has 1 aromatic rings.